The van der Waals surface area contributed by atoms with Crippen molar-refractivity contribution in [3.63, 3.8) is 0 Å². The highest BCUT2D eigenvalue weighted by Crippen LogP contribution is 2.15. The largest absolute Gasteiger partial charge is 0.548 e. The van der Waals surface area contributed by atoms with Crippen molar-refractivity contribution in [2.45, 2.75) is 38.1 Å². The molecule has 1 rings (SSSR count). The van der Waals surface area contributed by atoms with Gasteiger partial charge in [-0.05, 0) is 36.6 Å². The van der Waals surface area contributed by atoms with E-state index < -0.39 is 22.0 Å². The summed E-state index contributed by atoms with van der Waals surface area (Å²) >= 11 is 0. The highest BCUT2D eigenvalue weighted by molar-refractivity contribution is 7.89. The summed E-state index contributed by atoms with van der Waals surface area (Å²) in [6.45, 7) is 4.90. The monoisotopic (exact) mass is 327 g/mol. The van der Waals surface area contributed by atoms with Crippen LogP contribution >= 0.6 is 0 Å². The topological polar surface area (TPSA) is 115 Å². The first-order valence-electron chi connectivity index (χ1n) is 6.72. The van der Waals surface area contributed by atoms with Crippen LogP contribution in [-0.2, 0) is 19.6 Å². The second-order valence-corrected chi connectivity index (χ2v) is 7.04. The van der Waals surface area contributed by atoms with E-state index in [0.29, 0.717) is 5.69 Å². The Balaban J connectivity index is 2.93. The van der Waals surface area contributed by atoms with Crippen LogP contribution in [-0.4, -0.2) is 26.3 Å². The molecule has 8 heteroatoms. The Kier molecular flexibility index (Phi) is 6.07. The van der Waals surface area contributed by atoms with Gasteiger partial charge in [0.15, 0.2) is 0 Å². The van der Waals surface area contributed by atoms with Crippen LogP contribution in [0.15, 0.2) is 29.2 Å². The van der Waals surface area contributed by atoms with Crippen LogP contribution in [0.1, 0.15) is 27.2 Å². The van der Waals surface area contributed by atoms with E-state index in [9.17, 15) is 23.1 Å². The number of amides is 1. The molecule has 0 bridgehead atoms. The van der Waals surface area contributed by atoms with E-state index in [0.717, 1.165) is 0 Å². The summed E-state index contributed by atoms with van der Waals surface area (Å²) in [5.41, 5.74) is 0.449. The van der Waals surface area contributed by atoms with Gasteiger partial charge in [-0.25, -0.2) is 13.1 Å². The number of hydrogen-bond donors (Lipinski definition) is 2. The van der Waals surface area contributed by atoms with Crippen LogP contribution in [0, 0.1) is 5.92 Å². The Morgan fingerprint density at radius 3 is 2.14 bits per heavy atom. The predicted molar refractivity (Wildman–Crippen MR) is 79.3 cm³/mol. The van der Waals surface area contributed by atoms with Crippen molar-refractivity contribution >= 4 is 27.6 Å². The lowest BCUT2D eigenvalue weighted by Gasteiger charge is -2.21. The molecule has 1 aromatic rings. The number of hydrogen-bond acceptors (Lipinski definition) is 5. The lowest BCUT2D eigenvalue weighted by Crippen LogP contribution is -2.48. The van der Waals surface area contributed by atoms with Crippen LogP contribution < -0.4 is 15.1 Å². The zero-order chi connectivity index (χ0) is 16.9. The van der Waals surface area contributed by atoms with Gasteiger partial charge in [-0.15, -0.1) is 0 Å². The molecule has 0 aliphatic carbocycles. The van der Waals surface area contributed by atoms with Crippen LogP contribution in [0.5, 0.6) is 0 Å². The highest BCUT2D eigenvalue weighted by Gasteiger charge is 2.21. The van der Waals surface area contributed by atoms with Crippen molar-refractivity contribution < 1.29 is 23.1 Å². The van der Waals surface area contributed by atoms with Gasteiger partial charge in [0, 0.05) is 12.6 Å². The van der Waals surface area contributed by atoms with Gasteiger partial charge in [-0.2, -0.15) is 0 Å². The molecule has 1 amide bonds. The summed E-state index contributed by atoms with van der Waals surface area (Å²) in [6.07, 6.45) is 0.130. The molecule has 7 nitrogen and oxygen atoms in total. The second kappa shape index (κ2) is 7.37. The quantitative estimate of drug-likeness (QED) is 0.736. The minimum absolute atomic E-state index is 0.00672. The Labute approximate surface area is 129 Å². The smallest absolute Gasteiger partial charge is 0.241 e. The van der Waals surface area contributed by atoms with E-state index in [1.807, 2.05) is 0 Å². The molecule has 0 heterocycles. The normalized spacial score (nSPS) is 12.9. The molecular weight excluding hydrogens is 308 g/mol. The van der Waals surface area contributed by atoms with Crippen molar-refractivity contribution in [1.29, 1.82) is 0 Å². The van der Waals surface area contributed by atoms with Gasteiger partial charge < -0.3 is 15.2 Å². The zero-order valence-corrected chi connectivity index (χ0v) is 13.4. The fraction of sp³-hybridized carbons (Fsp3) is 0.429. The van der Waals surface area contributed by atoms with E-state index in [1.54, 1.807) is 13.8 Å². The fourth-order valence-corrected chi connectivity index (χ4v) is 3.04. The number of nitrogens with one attached hydrogen (secondary N) is 2. The molecule has 0 fully saturated rings. The maximum Gasteiger partial charge on any atom is 0.241 e. The summed E-state index contributed by atoms with van der Waals surface area (Å²) in [7, 11) is -3.98. The maximum atomic E-state index is 12.2. The van der Waals surface area contributed by atoms with E-state index >= 15 is 0 Å². The first-order chi connectivity index (χ1) is 10.1. The van der Waals surface area contributed by atoms with Gasteiger partial charge in [0.25, 0.3) is 0 Å². The van der Waals surface area contributed by atoms with Crippen molar-refractivity contribution in [2.75, 3.05) is 5.32 Å². The third-order valence-corrected chi connectivity index (χ3v) is 4.26. The number of sulfonamides is 1. The van der Waals surface area contributed by atoms with Gasteiger partial charge in [-0.3, -0.25) is 4.79 Å². The van der Waals surface area contributed by atoms with Crippen molar-refractivity contribution in [2.24, 2.45) is 5.92 Å². The average molecular weight is 327 g/mol. The molecule has 0 saturated heterocycles. The minimum Gasteiger partial charge on any atom is -0.548 e. The van der Waals surface area contributed by atoms with E-state index in [1.165, 1.54) is 31.2 Å². The molecule has 0 aromatic heterocycles. The van der Waals surface area contributed by atoms with E-state index in [-0.39, 0.29) is 23.1 Å². The lowest BCUT2D eigenvalue weighted by atomic mass is 10.1. The third-order valence-electron chi connectivity index (χ3n) is 2.77. The first kappa shape index (κ1) is 18.1. The predicted octanol–water partition coefficient (Wildman–Crippen LogP) is 0.0879. The molecule has 1 atom stereocenters. The number of carbonyl (C=O) groups excluding carboxylic acids is 2. The summed E-state index contributed by atoms with van der Waals surface area (Å²) in [4.78, 5) is 21.9. The Morgan fingerprint density at radius 2 is 1.73 bits per heavy atom. The lowest BCUT2D eigenvalue weighted by molar-refractivity contribution is -0.308. The molecule has 1 aromatic carbocycles. The van der Waals surface area contributed by atoms with Gasteiger partial charge in [0.1, 0.15) is 0 Å². The first-order valence-corrected chi connectivity index (χ1v) is 8.21. The maximum absolute atomic E-state index is 12.2. The second-order valence-electron chi connectivity index (χ2n) is 5.33. The number of carbonyl (C=O) groups is 2. The van der Waals surface area contributed by atoms with Gasteiger partial charge in [-0.1, -0.05) is 13.8 Å². The standard InChI is InChI=1S/C14H20N2O5S/c1-9(2)8-13(14(18)19)16-22(20,21)12-6-4-11(5-7-12)15-10(3)17/h4-7,9,13,16H,8H2,1-3H3,(H,15,17)(H,18,19)/p-1/t13-/m0/s1. The van der Waals surface area contributed by atoms with Crippen LogP contribution in [0.4, 0.5) is 5.69 Å². The van der Waals surface area contributed by atoms with Crippen LogP contribution in [0.25, 0.3) is 0 Å². The number of aliphatic carboxylic acids is 1. The number of carboxylic acid groups (broad SMARTS) is 1. The van der Waals surface area contributed by atoms with Crippen LogP contribution in [0.2, 0.25) is 0 Å². The molecule has 0 radical (unpaired) electrons. The molecule has 0 saturated carbocycles. The zero-order valence-electron chi connectivity index (χ0n) is 12.6. The molecule has 0 unspecified atom stereocenters. The van der Waals surface area contributed by atoms with Crippen molar-refractivity contribution in [3.8, 4) is 0 Å². The highest BCUT2D eigenvalue weighted by atomic mass is 32.2. The van der Waals surface area contributed by atoms with Gasteiger partial charge in [0.05, 0.1) is 16.9 Å². The summed E-state index contributed by atoms with van der Waals surface area (Å²) in [6, 6.07) is 4.13. The number of rotatable bonds is 7. The molecule has 0 aliphatic rings. The molecule has 2 N–H and O–H groups in total. The number of carboxylic acids is 1. The number of benzene rings is 1. The van der Waals surface area contributed by atoms with Crippen LogP contribution in [0.3, 0.4) is 0 Å². The Morgan fingerprint density at radius 1 is 1.18 bits per heavy atom. The van der Waals surface area contributed by atoms with Gasteiger partial charge >= 0.3 is 0 Å². The summed E-state index contributed by atoms with van der Waals surface area (Å²) in [5, 5.41) is 13.5. The Hall–Kier alpha value is -1.93. The SMILES string of the molecule is CC(=O)Nc1ccc(S(=O)(=O)N[C@@H](CC(C)C)C(=O)[O-])cc1. The average Bonchev–Trinajstić information content (AvgIpc) is 2.36. The fourth-order valence-electron chi connectivity index (χ4n) is 1.84. The minimum atomic E-state index is -3.98. The van der Waals surface area contributed by atoms with E-state index in [4.69, 9.17) is 0 Å². The molecule has 0 spiro atoms. The van der Waals surface area contributed by atoms with Gasteiger partial charge in [0.2, 0.25) is 15.9 Å². The summed E-state index contributed by atoms with van der Waals surface area (Å²) < 4.78 is 26.5. The van der Waals surface area contributed by atoms with Crippen molar-refractivity contribution in [3.05, 3.63) is 24.3 Å². The molecule has 22 heavy (non-hydrogen) atoms. The summed E-state index contributed by atoms with van der Waals surface area (Å²) in [5.74, 6) is -1.75. The number of anilines is 1. The third kappa shape index (κ3) is 5.45. The van der Waals surface area contributed by atoms with Crippen molar-refractivity contribution in [1.82, 2.24) is 4.72 Å². The van der Waals surface area contributed by atoms with E-state index in [2.05, 4.69) is 10.0 Å². The molecule has 0 aliphatic heterocycles. The Bertz CT molecular complexity index is 638. The molecule has 122 valence electrons. The molecular formula is C14H19N2O5S-.